The van der Waals surface area contributed by atoms with E-state index in [1.165, 1.54) is 17.4 Å². The SMILES string of the molecule is CCC1CCCCN1C(=O)NCCc1c[nH]c2ccccc12. The molecule has 118 valence electrons. The highest BCUT2D eigenvalue weighted by atomic mass is 16.2. The molecular weight excluding hydrogens is 274 g/mol. The van der Waals surface area contributed by atoms with Crippen molar-refractivity contribution in [1.29, 1.82) is 0 Å². The lowest BCUT2D eigenvalue weighted by atomic mass is 10.0. The lowest BCUT2D eigenvalue weighted by Gasteiger charge is -2.35. The van der Waals surface area contributed by atoms with Gasteiger partial charge in [0, 0.05) is 36.2 Å². The average molecular weight is 299 g/mol. The van der Waals surface area contributed by atoms with Crippen molar-refractivity contribution in [3.63, 3.8) is 0 Å². The summed E-state index contributed by atoms with van der Waals surface area (Å²) in [7, 11) is 0. The third-order valence-electron chi connectivity index (χ3n) is 4.70. The maximum atomic E-state index is 12.4. The van der Waals surface area contributed by atoms with E-state index in [1.807, 2.05) is 17.2 Å². The van der Waals surface area contributed by atoms with Crippen LogP contribution in [-0.4, -0.2) is 35.0 Å². The fourth-order valence-electron chi connectivity index (χ4n) is 3.44. The molecule has 0 radical (unpaired) electrons. The highest BCUT2D eigenvalue weighted by molar-refractivity contribution is 5.83. The van der Waals surface area contributed by atoms with Gasteiger partial charge in [0.25, 0.3) is 0 Å². The number of piperidine rings is 1. The molecule has 1 aliphatic rings. The topological polar surface area (TPSA) is 48.1 Å². The number of amides is 2. The number of para-hydroxylation sites is 1. The normalized spacial score (nSPS) is 18.6. The largest absolute Gasteiger partial charge is 0.361 e. The number of aromatic amines is 1. The summed E-state index contributed by atoms with van der Waals surface area (Å²) in [5, 5.41) is 4.34. The smallest absolute Gasteiger partial charge is 0.317 e. The number of hydrogen-bond acceptors (Lipinski definition) is 1. The number of urea groups is 1. The Morgan fingerprint density at radius 1 is 1.36 bits per heavy atom. The first-order chi connectivity index (χ1) is 10.8. The number of carbonyl (C=O) groups excluding carboxylic acids is 1. The zero-order valence-electron chi connectivity index (χ0n) is 13.3. The molecule has 22 heavy (non-hydrogen) atoms. The molecule has 1 saturated heterocycles. The van der Waals surface area contributed by atoms with Crippen molar-refractivity contribution in [3.05, 3.63) is 36.0 Å². The van der Waals surface area contributed by atoms with E-state index in [-0.39, 0.29) is 6.03 Å². The van der Waals surface area contributed by atoms with Crippen LogP contribution in [0.25, 0.3) is 10.9 Å². The number of hydrogen-bond donors (Lipinski definition) is 2. The number of aromatic nitrogens is 1. The maximum absolute atomic E-state index is 12.4. The minimum absolute atomic E-state index is 0.103. The minimum Gasteiger partial charge on any atom is -0.361 e. The van der Waals surface area contributed by atoms with Crippen molar-refractivity contribution in [2.24, 2.45) is 0 Å². The van der Waals surface area contributed by atoms with Crippen molar-refractivity contribution in [2.45, 2.75) is 45.1 Å². The molecular formula is C18H25N3O. The molecule has 2 heterocycles. The molecule has 4 heteroatoms. The van der Waals surface area contributed by atoms with Crippen LogP contribution in [0.4, 0.5) is 4.79 Å². The summed E-state index contributed by atoms with van der Waals surface area (Å²) in [6.07, 6.45) is 7.49. The summed E-state index contributed by atoms with van der Waals surface area (Å²) in [5.41, 5.74) is 2.42. The molecule has 1 aromatic heterocycles. The summed E-state index contributed by atoms with van der Waals surface area (Å²) in [5.74, 6) is 0. The molecule has 1 aromatic carbocycles. The molecule has 1 atom stereocenters. The van der Waals surface area contributed by atoms with Crippen LogP contribution in [0.2, 0.25) is 0 Å². The van der Waals surface area contributed by atoms with Gasteiger partial charge in [0.2, 0.25) is 0 Å². The Balaban J connectivity index is 1.55. The molecule has 2 N–H and O–H groups in total. The predicted molar refractivity (Wildman–Crippen MR) is 90.0 cm³/mol. The van der Waals surface area contributed by atoms with E-state index < -0.39 is 0 Å². The Bertz CT molecular complexity index is 634. The second-order valence-electron chi connectivity index (χ2n) is 6.09. The molecule has 0 bridgehead atoms. The van der Waals surface area contributed by atoms with Crippen LogP contribution in [0.5, 0.6) is 0 Å². The number of carbonyl (C=O) groups is 1. The van der Waals surface area contributed by atoms with Gasteiger partial charge in [-0.05, 0) is 43.7 Å². The second-order valence-corrected chi connectivity index (χ2v) is 6.09. The molecule has 0 aliphatic carbocycles. The molecule has 0 spiro atoms. The molecule has 3 rings (SSSR count). The number of nitrogens with one attached hydrogen (secondary N) is 2. The molecule has 2 amide bonds. The van der Waals surface area contributed by atoms with Crippen LogP contribution in [0.1, 0.15) is 38.2 Å². The number of fused-ring (bicyclic) bond motifs is 1. The van der Waals surface area contributed by atoms with Crippen LogP contribution in [0, 0.1) is 0 Å². The fraction of sp³-hybridized carbons (Fsp3) is 0.500. The average Bonchev–Trinajstić information content (AvgIpc) is 2.98. The van der Waals surface area contributed by atoms with Gasteiger partial charge in [-0.1, -0.05) is 25.1 Å². The first-order valence-electron chi connectivity index (χ1n) is 8.39. The van der Waals surface area contributed by atoms with Crippen molar-refractivity contribution in [3.8, 4) is 0 Å². The van der Waals surface area contributed by atoms with Gasteiger partial charge in [-0.25, -0.2) is 4.79 Å². The highest BCUT2D eigenvalue weighted by Gasteiger charge is 2.24. The Morgan fingerprint density at radius 3 is 3.09 bits per heavy atom. The van der Waals surface area contributed by atoms with Gasteiger partial charge >= 0.3 is 6.03 Å². The van der Waals surface area contributed by atoms with Crippen LogP contribution in [-0.2, 0) is 6.42 Å². The summed E-state index contributed by atoms with van der Waals surface area (Å²) in [6.45, 7) is 3.76. The van der Waals surface area contributed by atoms with E-state index in [2.05, 4.69) is 35.4 Å². The van der Waals surface area contributed by atoms with Gasteiger partial charge in [0.1, 0.15) is 0 Å². The van der Waals surface area contributed by atoms with Gasteiger partial charge in [0.15, 0.2) is 0 Å². The third kappa shape index (κ3) is 3.11. The zero-order valence-corrected chi connectivity index (χ0v) is 13.3. The summed E-state index contributed by atoms with van der Waals surface area (Å²) in [4.78, 5) is 17.7. The highest BCUT2D eigenvalue weighted by Crippen LogP contribution is 2.20. The number of likely N-dealkylation sites (tertiary alicyclic amines) is 1. The Hall–Kier alpha value is -1.97. The summed E-state index contributed by atoms with van der Waals surface area (Å²) < 4.78 is 0. The van der Waals surface area contributed by atoms with Crippen molar-refractivity contribution in [1.82, 2.24) is 15.2 Å². The van der Waals surface area contributed by atoms with Crippen LogP contribution in [0.3, 0.4) is 0 Å². The van der Waals surface area contributed by atoms with E-state index in [4.69, 9.17) is 0 Å². The van der Waals surface area contributed by atoms with Gasteiger partial charge in [0.05, 0.1) is 0 Å². The van der Waals surface area contributed by atoms with Gasteiger partial charge in [-0.2, -0.15) is 0 Å². The van der Waals surface area contributed by atoms with Gasteiger partial charge in [-0.15, -0.1) is 0 Å². The van der Waals surface area contributed by atoms with Crippen molar-refractivity contribution in [2.75, 3.05) is 13.1 Å². The Kier molecular flexibility index (Phi) is 4.66. The lowest BCUT2D eigenvalue weighted by Crippen LogP contribution is -2.48. The summed E-state index contributed by atoms with van der Waals surface area (Å²) in [6, 6.07) is 8.81. The van der Waals surface area contributed by atoms with E-state index in [0.717, 1.165) is 37.7 Å². The zero-order chi connectivity index (χ0) is 15.4. The molecule has 1 fully saturated rings. The van der Waals surface area contributed by atoms with Gasteiger partial charge in [-0.3, -0.25) is 0 Å². The Labute approximate surface area is 131 Å². The second kappa shape index (κ2) is 6.86. The number of nitrogens with zero attached hydrogens (tertiary/aromatic N) is 1. The Morgan fingerprint density at radius 2 is 2.23 bits per heavy atom. The lowest BCUT2D eigenvalue weighted by molar-refractivity contribution is 0.149. The van der Waals surface area contributed by atoms with Gasteiger partial charge < -0.3 is 15.2 Å². The monoisotopic (exact) mass is 299 g/mol. The number of H-pyrrole nitrogens is 1. The first kappa shape index (κ1) is 14.9. The molecule has 1 aliphatic heterocycles. The van der Waals surface area contributed by atoms with E-state index in [9.17, 15) is 4.79 Å². The van der Waals surface area contributed by atoms with Crippen molar-refractivity contribution < 1.29 is 4.79 Å². The standard InChI is InChI=1S/C18H25N3O/c1-2-15-7-5-6-12-21(15)18(22)19-11-10-14-13-20-17-9-4-3-8-16(14)17/h3-4,8-9,13,15,20H,2,5-7,10-12H2,1H3,(H,19,22). The van der Waals surface area contributed by atoms with Crippen LogP contribution in [0.15, 0.2) is 30.5 Å². The number of benzene rings is 1. The fourth-order valence-corrected chi connectivity index (χ4v) is 3.44. The molecule has 1 unspecified atom stereocenters. The number of rotatable bonds is 4. The quantitative estimate of drug-likeness (QED) is 0.889. The maximum Gasteiger partial charge on any atom is 0.317 e. The molecule has 2 aromatic rings. The molecule has 0 saturated carbocycles. The van der Waals surface area contributed by atoms with E-state index in [0.29, 0.717) is 12.6 Å². The van der Waals surface area contributed by atoms with Crippen molar-refractivity contribution >= 4 is 16.9 Å². The predicted octanol–water partition coefficient (Wildman–Crippen LogP) is 3.68. The third-order valence-corrected chi connectivity index (χ3v) is 4.70. The summed E-state index contributed by atoms with van der Waals surface area (Å²) >= 11 is 0. The van der Waals surface area contributed by atoms with Crippen LogP contribution >= 0.6 is 0 Å². The van der Waals surface area contributed by atoms with E-state index in [1.54, 1.807) is 0 Å². The van der Waals surface area contributed by atoms with Crippen LogP contribution < -0.4 is 5.32 Å². The molecule has 4 nitrogen and oxygen atoms in total. The van der Waals surface area contributed by atoms with E-state index >= 15 is 0 Å². The minimum atomic E-state index is 0.103. The first-order valence-corrected chi connectivity index (χ1v) is 8.39.